The Labute approximate surface area is 181 Å². The van der Waals surface area contributed by atoms with Crippen LogP contribution in [0.25, 0.3) is 0 Å². The lowest BCUT2D eigenvalue weighted by atomic mass is 9.89. The van der Waals surface area contributed by atoms with E-state index in [4.69, 9.17) is 9.90 Å². The summed E-state index contributed by atoms with van der Waals surface area (Å²) < 4.78 is 0. The van der Waals surface area contributed by atoms with E-state index in [1.165, 1.54) is 19.3 Å². The molecule has 0 bridgehead atoms. The zero-order valence-corrected chi connectivity index (χ0v) is 18.0. The predicted molar refractivity (Wildman–Crippen MR) is 115 cm³/mol. The van der Waals surface area contributed by atoms with Gasteiger partial charge in [-0.05, 0) is 50.1 Å². The van der Waals surface area contributed by atoms with Crippen LogP contribution in [0.4, 0.5) is 5.69 Å². The molecule has 1 aromatic rings. The van der Waals surface area contributed by atoms with E-state index in [1.807, 2.05) is 19.2 Å². The molecule has 31 heavy (non-hydrogen) atoms. The summed E-state index contributed by atoms with van der Waals surface area (Å²) >= 11 is 0. The summed E-state index contributed by atoms with van der Waals surface area (Å²) in [6, 6.07) is 6.30. The number of nitrogens with zero attached hydrogens (tertiary/aromatic N) is 2. The first kappa shape index (κ1) is 22.7. The van der Waals surface area contributed by atoms with Crippen molar-refractivity contribution in [2.24, 2.45) is 0 Å². The lowest BCUT2D eigenvalue weighted by Crippen LogP contribution is -2.52. The number of carboxylic acid groups (broad SMARTS) is 1. The molecule has 1 saturated heterocycles. The molecule has 9 heteroatoms. The van der Waals surface area contributed by atoms with Gasteiger partial charge in [-0.25, -0.2) is 0 Å². The average molecular weight is 431 g/mol. The number of anilines is 1. The van der Waals surface area contributed by atoms with Crippen molar-refractivity contribution in [3.05, 3.63) is 29.3 Å². The Balaban J connectivity index is 0.000000858. The average Bonchev–Trinajstić information content (AvgIpc) is 3.09. The molecule has 4 rings (SSSR count). The number of carbonyl (C=O) groups is 4. The van der Waals surface area contributed by atoms with Crippen molar-refractivity contribution in [2.45, 2.75) is 63.2 Å². The minimum atomic E-state index is -0.564. The standard InChI is InChI=1S/C21H28N4O3.CH2O2/c1-22-16-5-3-4-6-17(16)24(2)14-7-8-15-13(11-14)12-25(21(15)28)18-9-10-19(26)23-20(18)27;2-1-3/h7-8,11,16-18,22H,3-6,9-10,12H2,1-2H3,(H,23,26,27);1H,(H,2,3)/t16-,17-,18?;/m0./s1. The molecular weight excluding hydrogens is 400 g/mol. The molecule has 3 N–H and O–H groups in total. The van der Waals surface area contributed by atoms with E-state index in [-0.39, 0.29) is 30.6 Å². The van der Waals surface area contributed by atoms with Gasteiger partial charge in [-0.2, -0.15) is 0 Å². The maximum Gasteiger partial charge on any atom is 0.290 e. The highest BCUT2D eigenvalue weighted by atomic mass is 16.3. The highest BCUT2D eigenvalue weighted by molar-refractivity contribution is 6.05. The summed E-state index contributed by atoms with van der Waals surface area (Å²) in [4.78, 5) is 48.7. The monoisotopic (exact) mass is 430 g/mol. The third-order valence-electron chi connectivity index (χ3n) is 6.51. The van der Waals surface area contributed by atoms with Crippen LogP contribution in [0, 0.1) is 0 Å². The summed E-state index contributed by atoms with van der Waals surface area (Å²) in [5.74, 6) is -0.751. The second-order valence-electron chi connectivity index (χ2n) is 8.20. The fraction of sp³-hybridized carbons (Fsp3) is 0.545. The van der Waals surface area contributed by atoms with Crippen LogP contribution in [0.15, 0.2) is 18.2 Å². The van der Waals surface area contributed by atoms with Crippen molar-refractivity contribution < 1.29 is 24.3 Å². The first-order chi connectivity index (χ1) is 14.9. The maximum absolute atomic E-state index is 12.8. The normalized spacial score (nSPS) is 25.3. The van der Waals surface area contributed by atoms with Crippen molar-refractivity contribution in [3.8, 4) is 0 Å². The van der Waals surface area contributed by atoms with Gasteiger partial charge in [0.25, 0.3) is 12.4 Å². The van der Waals surface area contributed by atoms with Gasteiger partial charge >= 0.3 is 0 Å². The van der Waals surface area contributed by atoms with E-state index in [1.54, 1.807) is 4.90 Å². The van der Waals surface area contributed by atoms with Crippen molar-refractivity contribution >= 4 is 29.9 Å². The Morgan fingerprint density at radius 3 is 2.58 bits per heavy atom. The van der Waals surface area contributed by atoms with Crippen LogP contribution in [0.1, 0.15) is 54.4 Å². The Morgan fingerprint density at radius 2 is 1.90 bits per heavy atom. The molecule has 3 aliphatic rings. The molecule has 3 atom stereocenters. The molecule has 2 heterocycles. The van der Waals surface area contributed by atoms with E-state index in [0.29, 0.717) is 30.6 Å². The van der Waals surface area contributed by atoms with Gasteiger partial charge in [-0.15, -0.1) is 0 Å². The van der Waals surface area contributed by atoms with E-state index in [9.17, 15) is 14.4 Å². The molecule has 1 unspecified atom stereocenters. The zero-order chi connectivity index (χ0) is 22.5. The summed E-state index contributed by atoms with van der Waals surface area (Å²) in [7, 11) is 4.15. The Hall–Kier alpha value is -2.94. The number of amides is 3. The van der Waals surface area contributed by atoms with E-state index < -0.39 is 6.04 Å². The van der Waals surface area contributed by atoms with Crippen molar-refractivity contribution in [1.29, 1.82) is 0 Å². The van der Waals surface area contributed by atoms with Crippen LogP contribution in [-0.4, -0.2) is 66.4 Å². The van der Waals surface area contributed by atoms with Gasteiger partial charge in [0.2, 0.25) is 11.8 Å². The highest BCUT2D eigenvalue weighted by Gasteiger charge is 2.39. The van der Waals surface area contributed by atoms with Gasteiger partial charge in [-0.3, -0.25) is 24.5 Å². The fourth-order valence-corrected chi connectivity index (χ4v) is 4.88. The van der Waals surface area contributed by atoms with Gasteiger partial charge in [0.1, 0.15) is 6.04 Å². The van der Waals surface area contributed by atoms with Gasteiger partial charge < -0.3 is 20.2 Å². The number of carbonyl (C=O) groups excluding carboxylic acids is 3. The number of likely N-dealkylation sites (N-methyl/N-ethyl adjacent to an activating group) is 2. The lowest BCUT2D eigenvalue weighted by Gasteiger charge is -2.39. The summed E-state index contributed by atoms with van der Waals surface area (Å²) in [6.07, 6.45) is 5.49. The summed E-state index contributed by atoms with van der Waals surface area (Å²) in [6.45, 7) is 0.169. The van der Waals surface area contributed by atoms with Crippen molar-refractivity contribution in [2.75, 3.05) is 19.0 Å². The minimum absolute atomic E-state index is 0.121. The van der Waals surface area contributed by atoms with Gasteiger partial charge in [-0.1, -0.05) is 12.8 Å². The number of rotatable bonds is 4. The SMILES string of the molecule is CN[C@H]1CCCC[C@@H]1N(C)c1ccc2c(c1)CN(C1CCC(=O)NC1=O)C2=O.O=CO. The van der Waals surface area contributed by atoms with Crippen LogP contribution in [-0.2, 0) is 20.9 Å². The Bertz CT molecular complexity index is 858. The van der Waals surface area contributed by atoms with Crippen LogP contribution < -0.4 is 15.5 Å². The molecule has 0 spiro atoms. The Morgan fingerprint density at radius 1 is 1.19 bits per heavy atom. The lowest BCUT2D eigenvalue weighted by molar-refractivity contribution is -0.137. The van der Waals surface area contributed by atoms with Gasteiger partial charge in [0, 0.05) is 43.3 Å². The Kier molecular flexibility index (Phi) is 7.27. The second kappa shape index (κ2) is 9.91. The van der Waals surface area contributed by atoms with E-state index in [2.05, 4.69) is 28.6 Å². The molecule has 1 aliphatic carbocycles. The number of fused-ring (bicyclic) bond motifs is 1. The molecular formula is C22H30N4O5. The number of nitrogens with one attached hydrogen (secondary N) is 2. The van der Waals surface area contributed by atoms with E-state index >= 15 is 0 Å². The molecule has 2 fully saturated rings. The van der Waals surface area contributed by atoms with Crippen LogP contribution in [0.2, 0.25) is 0 Å². The molecule has 9 nitrogen and oxygen atoms in total. The van der Waals surface area contributed by atoms with Crippen molar-refractivity contribution in [1.82, 2.24) is 15.5 Å². The summed E-state index contributed by atoms with van der Waals surface area (Å²) in [5, 5.41) is 12.7. The molecule has 0 radical (unpaired) electrons. The fourth-order valence-electron chi connectivity index (χ4n) is 4.88. The number of hydrogen-bond donors (Lipinski definition) is 3. The van der Waals surface area contributed by atoms with Crippen LogP contribution in [0.3, 0.4) is 0 Å². The van der Waals surface area contributed by atoms with Gasteiger partial charge in [0.05, 0.1) is 0 Å². The van der Waals surface area contributed by atoms with Crippen molar-refractivity contribution in [3.63, 3.8) is 0 Å². The first-order valence-electron chi connectivity index (χ1n) is 10.7. The van der Waals surface area contributed by atoms with E-state index in [0.717, 1.165) is 17.7 Å². The van der Waals surface area contributed by atoms with Crippen LogP contribution >= 0.6 is 0 Å². The molecule has 3 amide bonds. The number of hydrogen-bond acceptors (Lipinski definition) is 6. The number of piperidine rings is 1. The van der Waals surface area contributed by atoms with Gasteiger partial charge in [0.15, 0.2) is 0 Å². The molecule has 0 aromatic heterocycles. The maximum atomic E-state index is 12.8. The quantitative estimate of drug-likeness (QED) is 0.484. The first-order valence-corrected chi connectivity index (χ1v) is 10.7. The number of benzene rings is 1. The number of imide groups is 1. The third kappa shape index (κ3) is 4.71. The zero-order valence-electron chi connectivity index (χ0n) is 18.0. The minimum Gasteiger partial charge on any atom is -0.483 e. The largest absolute Gasteiger partial charge is 0.483 e. The molecule has 1 aromatic carbocycles. The smallest absolute Gasteiger partial charge is 0.290 e. The second-order valence-corrected chi connectivity index (χ2v) is 8.20. The molecule has 168 valence electrons. The van der Waals surface area contributed by atoms with Crippen LogP contribution in [0.5, 0.6) is 0 Å². The third-order valence-corrected chi connectivity index (χ3v) is 6.51. The molecule has 2 aliphatic heterocycles. The summed E-state index contributed by atoms with van der Waals surface area (Å²) in [5.41, 5.74) is 2.72. The topological polar surface area (TPSA) is 119 Å². The highest BCUT2D eigenvalue weighted by Crippen LogP contribution is 2.32. The molecule has 1 saturated carbocycles. The predicted octanol–water partition coefficient (Wildman–Crippen LogP) is 1.12.